The van der Waals surface area contributed by atoms with Crippen LogP contribution in [0.25, 0.3) is 0 Å². The maximum Gasteiger partial charge on any atom is 0.149 e. The Labute approximate surface area is 130 Å². The molecule has 0 bridgehead atoms. The van der Waals surface area contributed by atoms with E-state index in [0.717, 1.165) is 31.2 Å². The lowest BCUT2D eigenvalue weighted by Gasteiger charge is -2.38. The van der Waals surface area contributed by atoms with Gasteiger partial charge in [-0.2, -0.15) is 0 Å². The number of piperidine rings is 1. The number of rotatable bonds is 3. The molecule has 3 rings (SSSR count). The highest BCUT2D eigenvalue weighted by Crippen LogP contribution is 2.33. The van der Waals surface area contributed by atoms with Crippen LogP contribution in [0.4, 0.5) is 0 Å². The van der Waals surface area contributed by atoms with Gasteiger partial charge in [-0.05, 0) is 51.0 Å². The highest BCUT2D eigenvalue weighted by molar-refractivity contribution is 5.83. The van der Waals surface area contributed by atoms with Crippen molar-refractivity contribution in [1.82, 2.24) is 9.80 Å². The number of hydrogen-bond donors (Lipinski definition) is 0. The van der Waals surface area contributed by atoms with Gasteiger partial charge in [0.2, 0.25) is 0 Å². The van der Waals surface area contributed by atoms with Gasteiger partial charge in [0.25, 0.3) is 0 Å². The molecule has 3 atom stereocenters. The van der Waals surface area contributed by atoms with Crippen LogP contribution in [0.15, 0.2) is 0 Å². The molecule has 1 saturated carbocycles. The zero-order valence-electron chi connectivity index (χ0n) is 14.1. The van der Waals surface area contributed by atoms with E-state index >= 15 is 0 Å². The first-order valence-electron chi connectivity index (χ1n) is 9.07. The molecule has 2 heterocycles. The Morgan fingerprint density at radius 1 is 1.00 bits per heavy atom. The minimum atomic E-state index is 0.350. The van der Waals surface area contributed by atoms with E-state index in [0.29, 0.717) is 30.5 Å². The van der Waals surface area contributed by atoms with Crippen molar-refractivity contribution in [2.75, 3.05) is 19.6 Å². The Hall–Kier alpha value is -0.410. The van der Waals surface area contributed by atoms with Crippen molar-refractivity contribution < 1.29 is 4.79 Å². The van der Waals surface area contributed by atoms with E-state index in [9.17, 15) is 4.79 Å². The predicted molar refractivity (Wildman–Crippen MR) is 86.1 cm³/mol. The van der Waals surface area contributed by atoms with Gasteiger partial charge in [0.15, 0.2) is 0 Å². The third kappa shape index (κ3) is 3.34. The largest absolute Gasteiger partial charge is 0.298 e. The predicted octanol–water partition coefficient (Wildman–Crippen LogP) is 3.14. The molecule has 3 nitrogen and oxygen atoms in total. The van der Waals surface area contributed by atoms with Crippen LogP contribution in [0, 0.1) is 17.8 Å². The van der Waals surface area contributed by atoms with Crippen molar-refractivity contribution in [2.24, 2.45) is 17.8 Å². The minimum absolute atomic E-state index is 0.350. The fraction of sp³-hybridized carbons (Fsp3) is 0.944. The molecule has 0 aromatic heterocycles. The van der Waals surface area contributed by atoms with Crippen molar-refractivity contribution >= 4 is 5.78 Å². The van der Waals surface area contributed by atoms with Crippen LogP contribution >= 0.6 is 0 Å². The van der Waals surface area contributed by atoms with Crippen molar-refractivity contribution in [1.29, 1.82) is 0 Å². The second-order valence-corrected chi connectivity index (χ2v) is 8.05. The Kier molecular flexibility index (Phi) is 4.70. The molecule has 120 valence electrons. The van der Waals surface area contributed by atoms with Gasteiger partial charge in [0.05, 0.1) is 12.7 Å². The Bertz CT molecular complexity index is 375. The van der Waals surface area contributed by atoms with Gasteiger partial charge in [-0.1, -0.05) is 26.7 Å². The van der Waals surface area contributed by atoms with Crippen molar-refractivity contribution in [2.45, 2.75) is 71.5 Å². The summed E-state index contributed by atoms with van der Waals surface area (Å²) in [4.78, 5) is 17.8. The van der Waals surface area contributed by atoms with Crippen LogP contribution in [-0.4, -0.2) is 47.4 Å². The molecular weight excluding hydrogens is 260 g/mol. The quantitative estimate of drug-likeness (QED) is 0.798. The van der Waals surface area contributed by atoms with Gasteiger partial charge in [0, 0.05) is 18.5 Å². The summed E-state index contributed by atoms with van der Waals surface area (Å²) in [6.45, 7) is 10.1. The van der Waals surface area contributed by atoms with Gasteiger partial charge in [0.1, 0.15) is 5.78 Å². The molecule has 1 aliphatic carbocycles. The van der Waals surface area contributed by atoms with Crippen LogP contribution in [-0.2, 0) is 4.79 Å². The topological polar surface area (TPSA) is 23.6 Å². The molecule has 0 aromatic rings. The Morgan fingerprint density at radius 3 is 2.43 bits per heavy atom. The highest BCUT2D eigenvalue weighted by atomic mass is 16.1. The van der Waals surface area contributed by atoms with Gasteiger partial charge in [-0.3, -0.25) is 14.6 Å². The molecule has 2 aliphatic heterocycles. The number of fused-ring (bicyclic) bond motifs is 1. The van der Waals surface area contributed by atoms with E-state index in [2.05, 4.69) is 30.6 Å². The number of Topliss-reactive ketones (excluding diaryl/α,β-unsaturated/α-hetero) is 1. The lowest BCUT2D eigenvalue weighted by atomic mass is 9.80. The van der Waals surface area contributed by atoms with E-state index in [1.807, 2.05) is 0 Å². The fourth-order valence-corrected chi connectivity index (χ4v) is 4.61. The van der Waals surface area contributed by atoms with Crippen LogP contribution in [0.5, 0.6) is 0 Å². The maximum atomic E-state index is 12.7. The van der Waals surface area contributed by atoms with E-state index in [4.69, 9.17) is 0 Å². The average molecular weight is 292 g/mol. The zero-order chi connectivity index (χ0) is 15.0. The number of carbonyl (C=O) groups excluding carboxylic acids is 1. The van der Waals surface area contributed by atoms with Crippen LogP contribution in [0.1, 0.15) is 59.3 Å². The molecule has 3 heteroatoms. The Morgan fingerprint density at radius 2 is 1.71 bits per heavy atom. The van der Waals surface area contributed by atoms with Gasteiger partial charge < -0.3 is 0 Å². The van der Waals surface area contributed by atoms with Crippen LogP contribution < -0.4 is 0 Å². The van der Waals surface area contributed by atoms with E-state index in [1.165, 1.54) is 32.2 Å². The first-order chi connectivity index (χ1) is 10.0. The first kappa shape index (κ1) is 15.5. The van der Waals surface area contributed by atoms with Crippen LogP contribution in [0.3, 0.4) is 0 Å². The van der Waals surface area contributed by atoms with Gasteiger partial charge in [-0.25, -0.2) is 0 Å². The Balaban J connectivity index is 1.59. The molecule has 0 spiro atoms. The molecule has 21 heavy (non-hydrogen) atoms. The zero-order valence-corrected chi connectivity index (χ0v) is 14.1. The monoisotopic (exact) mass is 292 g/mol. The number of carbonyl (C=O) groups is 1. The smallest absolute Gasteiger partial charge is 0.149 e. The summed E-state index contributed by atoms with van der Waals surface area (Å²) in [6, 6.07) is 0.548. The van der Waals surface area contributed by atoms with E-state index in [-0.39, 0.29) is 0 Å². The molecule has 3 aliphatic rings. The molecule has 0 aromatic carbocycles. The normalized spacial score (nSPS) is 42.0. The molecule has 2 saturated heterocycles. The number of ketones is 1. The maximum absolute atomic E-state index is 12.7. The third-order valence-corrected chi connectivity index (χ3v) is 6.20. The summed E-state index contributed by atoms with van der Waals surface area (Å²) in [6.07, 6.45) is 7.87. The second-order valence-electron chi connectivity index (χ2n) is 8.05. The second kappa shape index (κ2) is 6.37. The molecule has 0 N–H and O–H groups in total. The van der Waals surface area contributed by atoms with Gasteiger partial charge in [-0.15, -0.1) is 0 Å². The molecule has 0 amide bonds. The van der Waals surface area contributed by atoms with Crippen molar-refractivity contribution in [3.05, 3.63) is 0 Å². The summed E-state index contributed by atoms with van der Waals surface area (Å²) in [5.41, 5.74) is 0. The summed E-state index contributed by atoms with van der Waals surface area (Å²) in [7, 11) is 0. The highest BCUT2D eigenvalue weighted by Gasteiger charge is 2.41. The van der Waals surface area contributed by atoms with Crippen molar-refractivity contribution in [3.8, 4) is 0 Å². The number of hydrogen-bond acceptors (Lipinski definition) is 3. The summed E-state index contributed by atoms with van der Waals surface area (Å²) < 4.78 is 0. The summed E-state index contributed by atoms with van der Waals surface area (Å²) in [5.74, 6) is 2.51. The van der Waals surface area contributed by atoms with Crippen molar-refractivity contribution in [3.63, 3.8) is 0 Å². The molecule has 3 unspecified atom stereocenters. The summed E-state index contributed by atoms with van der Waals surface area (Å²) in [5, 5.41) is 0. The van der Waals surface area contributed by atoms with E-state index < -0.39 is 0 Å². The van der Waals surface area contributed by atoms with Crippen LogP contribution in [0.2, 0.25) is 0 Å². The minimum Gasteiger partial charge on any atom is -0.298 e. The number of nitrogens with zero attached hydrogens (tertiary/aromatic N) is 2. The first-order valence-corrected chi connectivity index (χ1v) is 9.07. The fourth-order valence-electron chi connectivity index (χ4n) is 4.61. The lowest BCUT2D eigenvalue weighted by molar-refractivity contribution is -0.126. The van der Waals surface area contributed by atoms with Gasteiger partial charge >= 0.3 is 0 Å². The molecule has 0 radical (unpaired) electrons. The van der Waals surface area contributed by atoms with E-state index in [1.54, 1.807) is 0 Å². The lowest BCUT2D eigenvalue weighted by Crippen LogP contribution is -2.47. The summed E-state index contributed by atoms with van der Waals surface area (Å²) >= 11 is 0. The molecular formula is C18H32N2O. The average Bonchev–Trinajstić information content (AvgIpc) is 2.76. The SMILES string of the molecule is CC1CCC(C(=O)CN2C(C)CN3CCC(C)CC32)CC1. The molecule has 3 fully saturated rings. The third-order valence-electron chi connectivity index (χ3n) is 6.20. The standard InChI is InChI=1S/C18H32N2O/c1-13-4-6-16(7-5-13)17(21)12-20-15(3)11-19-9-8-14(2)10-18(19)20/h13-16,18H,4-12H2,1-3H3.